The molecule has 7 nitrogen and oxygen atoms in total. The van der Waals surface area contributed by atoms with E-state index < -0.39 is 27.5 Å². The van der Waals surface area contributed by atoms with Crippen molar-refractivity contribution < 1.29 is 61.6 Å². The molecule has 0 aliphatic rings. The molecule has 0 saturated carbocycles. The summed E-state index contributed by atoms with van der Waals surface area (Å²) < 4.78 is 44.1. The second-order valence-corrected chi connectivity index (χ2v) is 9.14. The average molecular weight is 479 g/mol. The van der Waals surface area contributed by atoms with E-state index in [0.717, 1.165) is 19.3 Å². The molecule has 1 atom stereocenters. The van der Waals surface area contributed by atoms with Gasteiger partial charge in [0, 0.05) is 0 Å². The molecule has 0 heterocycles. The molecule has 0 N–H and O–H groups in total. The van der Waals surface area contributed by atoms with Crippen LogP contribution in [0.1, 0.15) is 105 Å². The number of hydrogen-bond donors (Lipinski definition) is 0. The Morgan fingerprint density at radius 3 is 1.84 bits per heavy atom. The van der Waals surface area contributed by atoms with E-state index in [9.17, 15) is 22.6 Å². The van der Waals surface area contributed by atoms with Gasteiger partial charge < -0.3 is 14.0 Å². The fourth-order valence-corrected chi connectivity index (χ4v) is 3.90. The zero-order chi connectivity index (χ0) is 23.1. The number of esters is 2. The number of hydrogen-bond acceptors (Lipinski definition) is 7. The van der Waals surface area contributed by atoms with Crippen LogP contribution in [0.4, 0.5) is 0 Å². The molecule has 0 radical (unpaired) electrons. The molecule has 176 valence electrons. The average Bonchev–Trinajstić information content (AvgIpc) is 2.73. The Morgan fingerprint density at radius 2 is 1.34 bits per heavy atom. The van der Waals surface area contributed by atoms with E-state index in [4.69, 9.17) is 9.47 Å². The summed E-state index contributed by atoms with van der Waals surface area (Å²) in [5.74, 6) is -1.71. The Hall–Kier alpha value is -0.930. The molecule has 0 fully saturated rings. The molecule has 1 unspecified atom stereocenters. The summed E-state index contributed by atoms with van der Waals surface area (Å²) in [6, 6.07) is 5.85. The van der Waals surface area contributed by atoms with Crippen molar-refractivity contribution in [3.8, 4) is 0 Å². The molecular weight excluding hydrogens is 443 g/mol. The molecule has 9 heteroatoms. The first-order valence-electron chi connectivity index (χ1n) is 11.2. The summed E-state index contributed by atoms with van der Waals surface area (Å²) >= 11 is 0. The summed E-state index contributed by atoms with van der Waals surface area (Å²) in [7, 11) is -4.80. The number of unbranched alkanes of at least 4 members (excludes halogenated alkanes) is 8. The van der Waals surface area contributed by atoms with Crippen LogP contribution in [-0.4, -0.2) is 37.0 Å². The summed E-state index contributed by atoms with van der Waals surface area (Å²) in [6.45, 7) is 4.11. The van der Waals surface area contributed by atoms with Gasteiger partial charge in [0.2, 0.25) is 0 Å². The van der Waals surface area contributed by atoms with Crippen LogP contribution >= 0.6 is 0 Å². The molecule has 0 aliphatic carbocycles. The molecule has 1 aromatic carbocycles. The van der Waals surface area contributed by atoms with E-state index in [1.165, 1.54) is 56.7 Å². The smallest absolute Gasteiger partial charge is 0.745 e. The van der Waals surface area contributed by atoms with Crippen LogP contribution in [0.5, 0.6) is 0 Å². The van der Waals surface area contributed by atoms with Gasteiger partial charge in [0.05, 0.1) is 17.7 Å². The zero-order valence-corrected chi connectivity index (χ0v) is 22.5. The minimum absolute atomic E-state index is 0. The van der Waals surface area contributed by atoms with Gasteiger partial charge in [-0.3, -0.25) is 0 Å². The van der Waals surface area contributed by atoms with Gasteiger partial charge >= 0.3 is 41.5 Å². The predicted molar refractivity (Wildman–Crippen MR) is 118 cm³/mol. The van der Waals surface area contributed by atoms with Crippen molar-refractivity contribution in [3.05, 3.63) is 35.4 Å². The second kappa shape index (κ2) is 17.5. The number of carbonyl (C=O) groups is 2. The molecule has 0 aliphatic heterocycles. The zero-order valence-electron chi connectivity index (χ0n) is 19.6. The molecule has 0 amide bonds. The first kappa shape index (κ1) is 31.1. The molecule has 0 bridgehead atoms. The standard InChI is InChI=1S/C23H36O7S.Na/c1-3-5-6-7-8-9-10-11-14-18-29-22(24)19-16-12-13-17-20(19)23(25)30-21(15-4-2)31(26,27)28;/h12-13,16-17,21H,3-11,14-15,18H2,1-2H3,(H,26,27,28);/q;+1/p-1. The van der Waals surface area contributed by atoms with Gasteiger partial charge in [-0.25, -0.2) is 18.0 Å². The van der Waals surface area contributed by atoms with Crippen LogP contribution in [-0.2, 0) is 19.6 Å². The fraction of sp³-hybridized carbons (Fsp3) is 0.652. The quantitative estimate of drug-likeness (QED) is 0.155. The van der Waals surface area contributed by atoms with Crippen LogP contribution < -0.4 is 29.6 Å². The minimum Gasteiger partial charge on any atom is -0.745 e. The van der Waals surface area contributed by atoms with Gasteiger partial charge in [-0.05, 0) is 25.0 Å². The Labute approximate surface area is 214 Å². The molecule has 32 heavy (non-hydrogen) atoms. The van der Waals surface area contributed by atoms with Crippen molar-refractivity contribution >= 4 is 22.1 Å². The normalized spacial score (nSPS) is 12.0. The van der Waals surface area contributed by atoms with E-state index in [0.29, 0.717) is 6.42 Å². The second-order valence-electron chi connectivity index (χ2n) is 7.63. The number of ether oxygens (including phenoxy) is 2. The Bertz CT molecular complexity index is 780. The number of carbonyl (C=O) groups excluding carboxylic acids is 2. The van der Waals surface area contributed by atoms with Crippen LogP contribution in [0.2, 0.25) is 0 Å². The van der Waals surface area contributed by atoms with Crippen molar-refractivity contribution in [2.24, 2.45) is 0 Å². The van der Waals surface area contributed by atoms with Gasteiger partial charge in [0.15, 0.2) is 5.44 Å². The van der Waals surface area contributed by atoms with E-state index in [1.807, 2.05) is 0 Å². The Kier molecular flexibility index (Phi) is 17.0. The molecule has 1 aromatic rings. The molecule has 0 aromatic heterocycles. The largest absolute Gasteiger partial charge is 1.00 e. The summed E-state index contributed by atoms with van der Waals surface area (Å²) in [6.07, 6.45) is 10.5. The van der Waals surface area contributed by atoms with Crippen molar-refractivity contribution in [2.45, 2.75) is 89.9 Å². The number of rotatable bonds is 16. The topological polar surface area (TPSA) is 110 Å². The van der Waals surface area contributed by atoms with Gasteiger partial charge in [-0.2, -0.15) is 0 Å². The van der Waals surface area contributed by atoms with E-state index in [2.05, 4.69) is 6.92 Å². The summed E-state index contributed by atoms with van der Waals surface area (Å²) in [5, 5.41) is 0. The monoisotopic (exact) mass is 478 g/mol. The Balaban J connectivity index is 0.00000961. The van der Waals surface area contributed by atoms with E-state index >= 15 is 0 Å². The molecule has 0 saturated heterocycles. The van der Waals surface area contributed by atoms with Gasteiger partial charge in [-0.15, -0.1) is 0 Å². The van der Waals surface area contributed by atoms with Crippen LogP contribution in [0.25, 0.3) is 0 Å². The van der Waals surface area contributed by atoms with Crippen molar-refractivity contribution in [1.82, 2.24) is 0 Å². The van der Waals surface area contributed by atoms with E-state index in [-0.39, 0.29) is 53.7 Å². The maximum Gasteiger partial charge on any atom is 1.00 e. The molecule has 1 rings (SSSR count). The third-order valence-electron chi connectivity index (χ3n) is 4.93. The van der Waals surface area contributed by atoms with Crippen LogP contribution in [0.15, 0.2) is 24.3 Å². The summed E-state index contributed by atoms with van der Waals surface area (Å²) in [4.78, 5) is 24.8. The maximum atomic E-state index is 12.4. The first-order valence-corrected chi connectivity index (χ1v) is 12.7. The number of benzene rings is 1. The Morgan fingerprint density at radius 1 is 0.844 bits per heavy atom. The van der Waals surface area contributed by atoms with Crippen molar-refractivity contribution in [2.75, 3.05) is 6.61 Å². The fourth-order valence-electron chi connectivity index (χ4n) is 3.18. The van der Waals surface area contributed by atoms with Gasteiger partial charge in [0.1, 0.15) is 10.1 Å². The SMILES string of the molecule is CCCCCCCCCCCOC(=O)c1ccccc1C(=O)OC(CCC)S(=O)(=O)[O-].[Na+]. The van der Waals surface area contributed by atoms with Gasteiger partial charge in [0.25, 0.3) is 0 Å². The van der Waals surface area contributed by atoms with Crippen molar-refractivity contribution in [1.29, 1.82) is 0 Å². The van der Waals surface area contributed by atoms with Crippen molar-refractivity contribution in [3.63, 3.8) is 0 Å². The summed E-state index contributed by atoms with van der Waals surface area (Å²) in [5.41, 5.74) is -1.91. The van der Waals surface area contributed by atoms with Crippen LogP contribution in [0.3, 0.4) is 0 Å². The van der Waals surface area contributed by atoms with Gasteiger partial charge in [-0.1, -0.05) is 83.8 Å². The predicted octanol–water partition coefficient (Wildman–Crippen LogP) is 2.21. The van der Waals surface area contributed by atoms with Crippen LogP contribution in [0, 0.1) is 0 Å². The molecule has 0 spiro atoms. The van der Waals surface area contributed by atoms with E-state index in [1.54, 1.807) is 13.0 Å². The molecular formula is C23H35NaO7S. The third kappa shape index (κ3) is 12.3. The maximum absolute atomic E-state index is 12.4. The minimum atomic E-state index is -4.80. The third-order valence-corrected chi connectivity index (χ3v) is 5.91. The first-order chi connectivity index (χ1) is 14.8.